The van der Waals surface area contributed by atoms with Gasteiger partial charge in [-0.2, -0.15) is 0 Å². The second kappa shape index (κ2) is 8.00. The molecular formula is C18H17N3O5S. The fourth-order valence-electron chi connectivity index (χ4n) is 2.31. The highest BCUT2D eigenvalue weighted by Gasteiger charge is 2.23. The third kappa shape index (κ3) is 4.70. The molecule has 0 aliphatic heterocycles. The van der Waals surface area contributed by atoms with Crippen LogP contribution in [-0.4, -0.2) is 31.6 Å². The molecule has 0 spiro atoms. The number of ether oxygens (including phenoxy) is 1. The molecule has 3 aromatic rings. The molecule has 140 valence electrons. The summed E-state index contributed by atoms with van der Waals surface area (Å²) < 4.78 is 35.0. The fraction of sp³-hybridized carbons (Fsp3) is 0.167. The quantitative estimate of drug-likeness (QED) is 0.660. The third-order valence-corrected chi connectivity index (χ3v) is 5.06. The number of rotatable bonds is 7. The summed E-state index contributed by atoms with van der Waals surface area (Å²) in [6, 6.07) is 15.3. The predicted molar refractivity (Wildman–Crippen MR) is 95.8 cm³/mol. The van der Waals surface area contributed by atoms with E-state index in [4.69, 9.17) is 9.15 Å². The number of carbonyl (C=O) groups excluding carboxylic acids is 1. The van der Waals surface area contributed by atoms with Gasteiger partial charge < -0.3 is 14.5 Å². The number of benzene rings is 2. The van der Waals surface area contributed by atoms with Crippen molar-refractivity contribution in [1.29, 1.82) is 0 Å². The van der Waals surface area contributed by atoms with Gasteiger partial charge in [0.1, 0.15) is 5.75 Å². The largest absolute Gasteiger partial charge is 0.497 e. The lowest BCUT2D eigenvalue weighted by Gasteiger charge is -2.04. The Bertz CT molecular complexity index is 1030. The van der Waals surface area contributed by atoms with Gasteiger partial charge in [0.15, 0.2) is 0 Å². The van der Waals surface area contributed by atoms with Gasteiger partial charge in [-0.15, -0.1) is 5.10 Å². The molecule has 2 aromatic carbocycles. The fourth-order valence-corrected chi connectivity index (χ4v) is 3.46. The van der Waals surface area contributed by atoms with Gasteiger partial charge in [0, 0.05) is 5.56 Å². The molecule has 0 unspecified atom stereocenters. The van der Waals surface area contributed by atoms with Gasteiger partial charge in [0.25, 0.3) is 5.91 Å². The molecule has 0 saturated carbocycles. The molecule has 9 heteroatoms. The number of methoxy groups -OCH3 is 1. The SMILES string of the molecule is COc1cccc(C(=O)NCc2nnc(S(=O)(=O)Cc3ccccc3)o2)c1. The predicted octanol–water partition coefficient (Wildman–Crippen LogP) is 1.98. The van der Waals surface area contributed by atoms with E-state index in [1.165, 1.54) is 7.11 Å². The van der Waals surface area contributed by atoms with Crippen LogP contribution in [0.5, 0.6) is 5.75 Å². The monoisotopic (exact) mass is 387 g/mol. The zero-order valence-electron chi connectivity index (χ0n) is 14.5. The summed E-state index contributed by atoms with van der Waals surface area (Å²) in [6.07, 6.45) is 0. The average Bonchev–Trinajstić information content (AvgIpc) is 3.17. The maximum absolute atomic E-state index is 12.3. The van der Waals surface area contributed by atoms with Gasteiger partial charge in [-0.05, 0) is 23.8 Å². The summed E-state index contributed by atoms with van der Waals surface area (Å²) in [6.45, 7) is -0.0934. The zero-order chi connectivity index (χ0) is 19.3. The standard InChI is InChI=1S/C18H17N3O5S/c1-25-15-9-5-8-14(10-15)17(22)19-11-16-20-21-18(26-16)27(23,24)12-13-6-3-2-4-7-13/h2-10H,11-12H2,1H3,(H,19,22). The molecular weight excluding hydrogens is 370 g/mol. The number of nitrogens with zero attached hydrogens (tertiary/aromatic N) is 2. The van der Waals surface area contributed by atoms with Crippen molar-refractivity contribution in [2.75, 3.05) is 7.11 Å². The Labute approximate surface area is 156 Å². The minimum Gasteiger partial charge on any atom is -0.497 e. The van der Waals surface area contributed by atoms with Gasteiger partial charge in [0.2, 0.25) is 15.7 Å². The van der Waals surface area contributed by atoms with Crippen LogP contribution >= 0.6 is 0 Å². The van der Waals surface area contributed by atoms with Crippen molar-refractivity contribution in [1.82, 2.24) is 15.5 Å². The molecule has 1 aromatic heterocycles. The Hall–Kier alpha value is -3.20. The zero-order valence-corrected chi connectivity index (χ0v) is 15.3. The van der Waals surface area contributed by atoms with Crippen LogP contribution in [-0.2, 0) is 22.1 Å². The summed E-state index contributed by atoms with van der Waals surface area (Å²) in [5.41, 5.74) is 1.01. The average molecular weight is 387 g/mol. The highest BCUT2D eigenvalue weighted by atomic mass is 32.2. The number of sulfone groups is 1. The molecule has 0 aliphatic carbocycles. The van der Waals surface area contributed by atoms with Crippen LogP contribution in [0.15, 0.2) is 64.2 Å². The topological polar surface area (TPSA) is 111 Å². The summed E-state index contributed by atoms with van der Waals surface area (Å²) in [5, 5.41) is 9.39. The van der Waals surface area contributed by atoms with Crippen LogP contribution in [0.1, 0.15) is 21.8 Å². The summed E-state index contributed by atoms with van der Waals surface area (Å²) >= 11 is 0. The van der Waals surface area contributed by atoms with E-state index in [1.54, 1.807) is 54.6 Å². The van der Waals surface area contributed by atoms with Crippen molar-refractivity contribution in [3.8, 4) is 5.75 Å². The number of carbonyl (C=O) groups is 1. The molecule has 27 heavy (non-hydrogen) atoms. The second-order valence-electron chi connectivity index (χ2n) is 5.62. The number of hydrogen-bond donors (Lipinski definition) is 1. The molecule has 1 amide bonds. The van der Waals surface area contributed by atoms with E-state index in [0.717, 1.165) is 0 Å². The van der Waals surface area contributed by atoms with E-state index in [-0.39, 0.29) is 24.1 Å². The lowest BCUT2D eigenvalue weighted by atomic mass is 10.2. The first-order chi connectivity index (χ1) is 13.0. The van der Waals surface area contributed by atoms with Crippen LogP contribution in [0.4, 0.5) is 0 Å². The number of hydrogen-bond acceptors (Lipinski definition) is 7. The molecule has 3 rings (SSSR count). The first kappa shape index (κ1) is 18.6. The molecule has 1 N–H and O–H groups in total. The summed E-state index contributed by atoms with van der Waals surface area (Å²) in [4.78, 5) is 12.2. The Morgan fingerprint density at radius 3 is 2.63 bits per heavy atom. The van der Waals surface area contributed by atoms with E-state index < -0.39 is 15.1 Å². The Kier molecular flexibility index (Phi) is 5.51. The first-order valence-corrected chi connectivity index (χ1v) is 9.64. The Morgan fingerprint density at radius 1 is 1.11 bits per heavy atom. The van der Waals surface area contributed by atoms with E-state index in [9.17, 15) is 13.2 Å². The maximum Gasteiger partial charge on any atom is 0.335 e. The molecule has 0 radical (unpaired) electrons. The molecule has 8 nitrogen and oxygen atoms in total. The maximum atomic E-state index is 12.3. The van der Waals surface area contributed by atoms with E-state index in [1.807, 2.05) is 0 Å². The highest BCUT2D eigenvalue weighted by Crippen LogP contribution is 2.16. The molecule has 1 heterocycles. The van der Waals surface area contributed by atoms with E-state index in [0.29, 0.717) is 16.9 Å². The van der Waals surface area contributed by atoms with Crippen LogP contribution in [0.3, 0.4) is 0 Å². The second-order valence-corrected chi connectivity index (χ2v) is 7.49. The third-order valence-electron chi connectivity index (χ3n) is 3.65. The van der Waals surface area contributed by atoms with Crippen LogP contribution in [0, 0.1) is 0 Å². The number of amides is 1. The Balaban J connectivity index is 1.64. The van der Waals surface area contributed by atoms with Crippen molar-refractivity contribution < 1.29 is 22.4 Å². The van der Waals surface area contributed by atoms with Crippen molar-refractivity contribution in [3.05, 3.63) is 71.6 Å². The molecule has 0 fully saturated rings. The molecule has 0 aliphatic rings. The van der Waals surface area contributed by atoms with Crippen LogP contribution < -0.4 is 10.1 Å². The van der Waals surface area contributed by atoms with E-state index >= 15 is 0 Å². The van der Waals surface area contributed by atoms with Crippen molar-refractivity contribution in [2.24, 2.45) is 0 Å². The van der Waals surface area contributed by atoms with Gasteiger partial charge in [0.05, 0.1) is 19.4 Å². The van der Waals surface area contributed by atoms with Crippen molar-refractivity contribution >= 4 is 15.7 Å². The normalized spacial score (nSPS) is 11.1. The molecule has 0 saturated heterocycles. The smallest absolute Gasteiger partial charge is 0.335 e. The first-order valence-electron chi connectivity index (χ1n) is 7.99. The lowest BCUT2D eigenvalue weighted by Crippen LogP contribution is -2.22. The molecule has 0 bridgehead atoms. The van der Waals surface area contributed by atoms with Gasteiger partial charge in [-0.3, -0.25) is 4.79 Å². The van der Waals surface area contributed by atoms with Gasteiger partial charge in [-0.25, -0.2) is 8.42 Å². The Morgan fingerprint density at radius 2 is 1.89 bits per heavy atom. The van der Waals surface area contributed by atoms with E-state index in [2.05, 4.69) is 15.5 Å². The molecule has 0 atom stereocenters. The van der Waals surface area contributed by atoms with Crippen LogP contribution in [0.2, 0.25) is 0 Å². The van der Waals surface area contributed by atoms with Crippen molar-refractivity contribution in [2.45, 2.75) is 17.5 Å². The minimum atomic E-state index is -3.76. The summed E-state index contributed by atoms with van der Waals surface area (Å²) in [7, 11) is -2.25. The number of aromatic nitrogens is 2. The van der Waals surface area contributed by atoms with Gasteiger partial charge in [-0.1, -0.05) is 41.5 Å². The summed E-state index contributed by atoms with van der Waals surface area (Å²) in [5.74, 6) is -0.0700. The highest BCUT2D eigenvalue weighted by molar-refractivity contribution is 7.90. The number of nitrogens with one attached hydrogen (secondary N) is 1. The van der Waals surface area contributed by atoms with Gasteiger partial charge >= 0.3 is 5.22 Å². The van der Waals surface area contributed by atoms with Crippen molar-refractivity contribution in [3.63, 3.8) is 0 Å². The lowest BCUT2D eigenvalue weighted by molar-refractivity contribution is 0.0946. The van der Waals surface area contributed by atoms with Crippen LogP contribution in [0.25, 0.3) is 0 Å². The minimum absolute atomic E-state index is 0.00196.